The van der Waals surface area contributed by atoms with E-state index in [-0.39, 0.29) is 5.41 Å². The van der Waals surface area contributed by atoms with Crippen LogP contribution in [0.15, 0.2) is 15.4 Å². The van der Waals surface area contributed by atoms with Crippen LogP contribution in [0, 0.1) is 0 Å². The van der Waals surface area contributed by atoms with Crippen molar-refractivity contribution in [2.45, 2.75) is 31.1 Å². The lowest BCUT2D eigenvalue weighted by molar-refractivity contribution is 0.284. The fraction of sp³-hybridized carbons (Fsp3) is 0.545. The summed E-state index contributed by atoms with van der Waals surface area (Å²) < 4.78 is 5.39. The van der Waals surface area contributed by atoms with Crippen LogP contribution in [0.5, 0.6) is 0 Å². The van der Waals surface area contributed by atoms with Crippen molar-refractivity contribution in [3.8, 4) is 11.5 Å². The Balaban J connectivity index is 1.94. The second kappa shape index (κ2) is 4.19. The second-order valence-corrected chi connectivity index (χ2v) is 5.21. The highest BCUT2D eigenvalue weighted by atomic mass is 32.1. The molecule has 2 N–H and O–H groups in total. The van der Waals surface area contributed by atoms with Crippen molar-refractivity contribution in [1.29, 1.82) is 0 Å². The molecule has 5 nitrogen and oxygen atoms in total. The van der Waals surface area contributed by atoms with Gasteiger partial charge in [-0.25, -0.2) is 4.98 Å². The Labute approximate surface area is 103 Å². The Hall–Kier alpha value is -1.27. The first-order valence-electron chi connectivity index (χ1n) is 5.77. The van der Waals surface area contributed by atoms with Gasteiger partial charge in [-0.2, -0.15) is 4.98 Å². The number of nitrogens with zero attached hydrogens (tertiary/aromatic N) is 3. The molecule has 1 aliphatic rings. The van der Waals surface area contributed by atoms with Crippen LogP contribution in [-0.4, -0.2) is 21.7 Å². The monoisotopic (exact) mass is 250 g/mol. The van der Waals surface area contributed by atoms with E-state index in [1.807, 2.05) is 5.38 Å². The first-order chi connectivity index (χ1) is 8.34. The van der Waals surface area contributed by atoms with Crippen LogP contribution in [0.4, 0.5) is 0 Å². The van der Waals surface area contributed by atoms with E-state index in [1.165, 1.54) is 24.2 Å². The Kier molecular flexibility index (Phi) is 2.68. The van der Waals surface area contributed by atoms with Crippen LogP contribution < -0.4 is 5.73 Å². The Morgan fingerprint density at radius 3 is 2.88 bits per heavy atom. The van der Waals surface area contributed by atoms with Gasteiger partial charge in [0, 0.05) is 11.9 Å². The van der Waals surface area contributed by atoms with E-state index in [0.29, 0.717) is 18.3 Å². The minimum Gasteiger partial charge on any atom is -0.338 e. The zero-order chi connectivity index (χ0) is 11.7. The molecule has 2 aromatic rings. The Bertz CT molecular complexity index is 487. The van der Waals surface area contributed by atoms with Gasteiger partial charge in [0.05, 0.1) is 10.9 Å². The summed E-state index contributed by atoms with van der Waals surface area (Å²) in [5.74, 6) is 1.25. The molecule has 0 radical (unpaired) electrons. The van der Waals surface area contributed by atoms with E-state index >= 15 is 0 Å². The maximum atomic E-state index is 5.89. The van der Waals surface area contributed by atoms with Gasteiger partial charge in [0.1, 0.15) is 5.69 Å². The number of aromatic nitrogens is 3. The normalized spacial score (nSPS) is 18.6. The highest BCUT2D eigenvalue weighted by Gasteiger charge is 2.39. The molecule has 2 aromatic heterocycles. The van der Waals surface area contributed by atoms with Crippen molar-refractivity contribution in [3.05, 3.63) is 16.8 Å². The number of nitrogens with two attached hydrogens (primary N) is 1. The molecule has 6 heteroatoms. The van der Waals surface area contributed by atoms with Gasteiger partial charge in [-0.15, -0.1) is 11.3 Å². The molecule has 0 unspecified atom stereocenters. The molecule has 3 rings (SSSR count). The molecular weight excluding hydrogens is 236 g/mol. The molecule has 90 valence electrons. The molecule has 0 bridgehead atoms. The fourth-order valence-corrected chi connectivity index (χ4v) is 2.95. The predicted octanol–water partition coefficient (Wildman–Crippen LogP) is 1.96. The lowest BCUT2D eigenvalue weighted by Crippen LogP contribution is -2.32. The topological polar surface area (TPSA) is 77.8 Å². The molecule has 0 aliphatic heterocycles. The first kappa shape index (κ1) is 10.9. The van der Waals surface area contributed by atoms with Gasteiger partial charge < -0.3 is 10.3 Å². The van der Waals surface area contributed by atoms with Crippen molar-refractivity contribution >= 4 is 11.3 Å². The number of rotatable bonds is 3. The van der Waals surface area contributed by atoms with E-state index < -0.39 is 0 Å². The summed E-state index contributed by atoms with van der Waals surface area (Å²) in [6.45, 7) is 0.575. The lowest BCUT2D eigenvalue weighted by atomic mass is 9.86. The van der Waals surface area contributed by atoms with E-state index in [2.05, 4.69) is 15.1 Å². The average molecular weight is 250 g/mol. The highest BCUT2D eigenvalue weighted by molar-refractivity contribution is 7.07. The van der Waals surface area contributed by atoms with Crippen LogP contribution >= 0.6 is 11.3 Å². The molecule has 17 heavy (non-hydrogen) atoms. The summed E-state index contributed by atoms with van der Waals surface area (Å²) in [7, 11) is 0. The van der Waals surface area contributed by atoms with Crippen LogP contribution in [0.2, 0.25) is 0 Å². The smallest absolute Gasteiger partial charge is 0.234 e. The molecule has 0 amide bonds. The van der Waals surface area contributed by atoms with Gasteiger partial charge in [-0.05, 0) is 12.8 Å². The summed E-state index contributed by atoms with van der Waals surface area (Å²) in [5.41, 5.74) is 8.33. The van der Waals surface area contributed by atoms with Crippen molar-refractivity contribution in [3.63, 3.8) is 0 Å². The first-order valence-corrected chi connectivity index (χ1v) is 6.71. The summed E-state index contributed by atoms with van der Waals surface area (Å²) in [6, 6.07) is 0. The molecule has 0 saturated heterocycles. The Morgan fingerprint density at radius 1 is 1.41 bits per heavy atom. The van der Waals surface area contributed by atoms with Gasteiger partial charge in [0.15, 0.2) is 0 Å². The summed E-state index contributed by atoms with van der Waals surface area (Å²) in [6.07, 6.45) is 4.46. The molecule has 1 saturated carbocycles. The molecule has 1 fully saturated rings. The average Bonchev–Trinajstić information content (AvgIpc) is 3.10. The van der Waals surface area contributed by atoms with E-state index in [4.69, 9.17) is 10.3 Å². The maximum absolute atomic E-state index is 5.89. The van der Waals surface area contributed by atoms with Crippen LogP contribution in [-0.2, 0) is 5.41 Å². The van der Waals surface area contributed by atoms with Gasteiger partial charge in [-0.1, -0.05) is 18.0 Å². The molecule has 1 aliphatic carbocycles. The SMILES string of the molecule is NCC1(c2nc(-c3cscn3)no2)CCCC1. The number of thiazole rings is 1. The van der Waals surface area contributed by atoms with Gasteiger partial charge in [-0.3, -0.25) is 0 Å². The molecule has 0 aromatic carbocycles. The molecule has 0 atom stereocenters. The van der Waals surface area contributed by atoms with Gasteiger partial charge in [0.2, 0.25) is 11.7 Å². The summed E-state index contributed by atoms with van der Waals surface area (Å²) in [5, 5.41) is 5.91. The van der Waals surface area contributed by atoms with Gasteiger partial charge >= 0.3 is 0 Å². The number of hydrogen-bond donors (Lipinski definition) is 1. The summed E-state index contributed by atoms with van der Waals surface area (Å²) >= 11 is 1.52. The second-order valence-electron chi connectivity index (χ2n) is 4.49. The number of hydrogen-bond acceptors (Lipinski definition) is 6. The zero-order valence-corrected chi connectivity index (χ0v) is 10.2. The Morgan fingerprint density at radius 2 is 2.24 bits per heavy atom. The third-order valence-corrected chi connectivity index (χ3v) is 4.08. The molecular formula is C11H14N4OS. The lowest BCUT2D eigenvalue weighted by Gasteiger charge is -2.21. The van der Waals surface area contributed by atoms with Crippen molar-refractivity contribution in [2.24, 2.45) is 5.73 Å². The van der Waals surface area contributed by atoms with E-state index in [0.717, 1.165) is 18.5 Å². The van der Waals surface area contributed by atoms with Crippen molar-refractivity contribution in [2.75, 3.05) is 6.54 Å². The van der Waals surface area contributed by atoms with Crippen LogP contribution in [0.25, 0.3) is 11.5 Å². The third-order valence-electron chi connectivity index (χ3n) is 3.49. The predicted molar refractivity (Wildman–Crippen MR) is 64.6 cm³/mol. The van der Waals surface area contributed by atoms with Gasteiger partial charge in [0.25, 0.3) is 0 Å². The van der Waals surface area contributed by atoms with E-state index in [9.17, 15) is 0 Å². The fourth-order valence-electron chi connectivity index (χ4n) is 2.42. The third kappa shape index (κ3) is 1.77. The minimum atomic E-state index is -0.0960. The summed E-state index contributed by atoms with van der Waals surface area (Å²) in [4.78, 5) is 8.64. The standard InChI is InChI=1S/C11H14N4OS/c12-6-11(3-1-2-4-11)10-14-9(15-16-10)8-5-17-7-13-8/h5,7H,1-4,6,12H2. The quantitative estimate of drug-likeness (QED) is 0.901. The maximum Gasteiger partial charge on any atom is 0.234 e. The van der Waals surface area contributed by atoms with Crippen LogP contribution in [0.1, 0.15) is 31.6 Å². The zero-order valence-electron chi connectivity index (χ0n) is 9.43. The molecule has 0 spiro atoms. The molecule has 2 heterocycles. The van der Waals surface area contributed by atoms with Crippen molar-refractivity contribution < 1.29 is 4.52 Å². The largest absolute Gasteiger partial charge is 0.338 e. The van der Waals surface area contributed by atoms with E-state index in [1.54, 1.807) is 5.51 Å². The highest BCUT2D eigenvalue weighted by Crippen LogP contribution is 2.39. The van der Waals surface area contributed by atoms with Crippen molar-refractivity contribution in [1.82, 2.24) is 15.1 Å². The van der Waals surface area contributed by atoms with Crippen LogP contribution in [0.3, 0.4) is 0 Å². The minimum absolute atomic E-state index is 0.0960.